The van der Waals surface area contributed by atoms with Crippen LogP contribution in [0.4, 0.5) is 17.1 Å². The lowest BCUT2D eigenvalue weighted by molar-refractivity contribution is 0.643. The average molecular weight is 881 g/mol. The van der Waals surface area contributed by atoms with Crippen LogP contribution in [0.5, 0.6) is 0 Å². The van der Waals surface area contributed by atoms with Crippen LogP contribution in [0.25, 0.3) is 88.0 Å². The van der Waals surface area contributed by atoms with Crippen LogP contribution >= 0.6 is 0 Å². The summed E-state index contributed by atoms with van der Waals surface area (Å²) < 4.78 is 9.34. The van der Waals surface area contributed by atoms with Crippen molar-refractivity contribution in [1.29, 1.82) is 0 Å². The monoisotopic (exact) mass is 880 g/mol. The van der Waals surface area contributed by atoms with Crippen molar-refractivity contribution in [1.82, 2.24) is 4.57 Å². The number of furan rings is 1. The first-order valence-electron chi connectivity index (χ1n) is 23.8. The number of rotatable bonds is 5. The first kappa shape index (κ1) is 39.3. The minimum atomic E-state index is -0.457. The van der Waals surface area contributed by atoms with Gasteiger partial charge in [-0.1, -0.05) is 183 Å². The fourth-order valence-electron chi connectivity index (χ4n) is 11.7. The molecule has 3 nitrogen and oxygen atoms in total. The quantitative estimate of drug-likeness (QED) is 0.172. The molecular formula is C66H44N2O. The largest absolute Gasteiger partial charge is 0.455 e. The summed E-state index contributed by atoms with van der Waals surface area (Å²) in [7, 11) is 0. The van der Waals surface area contributed by atoms with E-state index in [2.05, 4.69) is 259 Å². The van der Waals surface area contributed by atoms with E-state index in [1.54, 1.807) is 0 Å². The van der Waals surface area contributed by atoms with Gasteiger partial charge in [-0.05, 0) is 128 Å². The third-order valence-corrected chi connectivity index (χ3v) is 14.8. The Morgan fingerprint density at radius 3 is 2.04 bits per heavy atom. The van der Waals surface area contributed by atoms with Crippen LogP contribution in [0, 0.1) is 0 Å². The van der Waals surface area contributed by atoms with Gasteiger partial charge in [0.05, 0.1) is 16.4 Å². The number of aromatic nitrogens is 1. The van der Waals surface area contributed by atoms with Gasteiger partial charge in [0, 0.05) is 49.9 Å². The number of hydrogen-bond donors (Lipinski definition) is 0. The molecule has 1 unspecified atom stereocenters. The molecule has 0 amide bonds. The highest BCUT2D eigenvalue weighted by molar-refractivity contribution is 6.14. The van der Waals surface area contributed by atoms with Crippen molar-refractivity contribution in [2.45, 2.75) is 11.8 Å². The summed E-state index contributed by atoms with van der Waals surface area (Å²) in [5.41, 5.74) is 18.6. The van der Waals surface area contributed by atoms with Crippen molar-refractivity contribution in [3.05, 3.63) is 272 Å². The topological polar surface area (TPSA) is 21.3 Å². The van der Waals surface area contributed by atoms with Crippen molar-refractivity contribution in [3.63, 3.8) is 0 Å². The summed E-state index contributed by atoms with van der Waals surface area (Å²) in [6.45, 7) is 4.59. The zero-order chi connectivity index (χ0) is 45.6. The fourth-order valence-corrected chi connectivity index (χ4v) is 11.7. The zero-order valence-electron chi connectivity index (χ0n) is 37.8. The predicted molar refractivity (Wildman–Crippen MR) is 289 cm³/mol. The van der Waals surface area contributed by atoms with Gasteiger partial charge in [-0.2, -0.15) is 0 Å². The van der Waals surface area contributed by atoms with Crippen LogP contribution in [0.1, 0.15) is 28.7 Å². The average Bonchev–Trinajstić information content (AvgIpc) is 4.05. The Bertz CT molecular complexity index is 4140. The second-order valence-electron chi connectivity index (χ2n) is 18.5. The van der Waals surface area contributed by atoms with E-state index < -0.39 is 5.41 Å². The lowest BCUT2D eigenvalue weighted by Crippen LogP contribution is -2.28. The molecule has 324 valence electrons. The van der Waals surface area contributed by atoms with Gasteiger partial charge in [0.15, 0.2) is 0 Å². The lowest BCUT2D eigenvalue weighted by atomic mass is 9.68. The van der Waals surface area contributed by atoms with Crippen molar-refractivity contribution in [2.75, 3.05) is 4.90 Å². The minimum absolute atomic E-state index is 0.457. The van der Waals surface area contributed by atoms with Crippen LogP contribution in [-0.2, 0) is 5.41 Å². The van der Waals surface area contributed by atoms with Gasteiger partial charge in [-0.3, -0.25) is 0 Å². The molecule has 14 rings (SSSR count). The lowest BCUT2D eigenvalue weighted by Gasteiger charge is -2.35. The first-order chi connectivity index (χ1) is 34.1. The number of nitrogens with zero attached hydrogens (tertiary/aromatic N) is 2. The third-order valence-electron chi connectivity index (χ3n) is 14.8. The second kappa shape index (κ2) is 15.3. The Morgan fingerprint density at radius 1 is 0.449 bits per heavy atom. The molecule has 0 aliphatic heterocycles. The van der Waals surface area contributed by atoms with Crippen LogP contribution in [0.3, 0.4) is 0 Å². The van der Waals surface area contributed by atoms with Crippen molar-refractivity contribution < 1.29 is 4.42 Å². The van der Waals surface area contributed by atoms with E-state index in [0.717, 1.165) is 73.3 Å². The van der Waals surface area contributed by atoms with Crippen LogP contribution in [-0.4, -0.2) is 4.57 Å². The van der Waals surface area contributed by atoms with E-state index in [1.807, 2.05) is 0 Å². The number of allylic oxidation sites excluding steroid dienone is 5. The fraction of sp³-hybridized carbons (Fsp3) is 0.0303. The highest BCUT2D eigenvalue weighted by Crippen LogP contribution is 2.57. The summed E-state index contributed by atoms with van der Waals surface area (Å²) in [5.74, 6) is 0. The summed E-state index contributed by atoms with van der Waals surface area (Å²) in [5, 5.41) is 7.02. The van der Waals surface area contributed by atoms with E-state index >= 15 is 0 Å². The van der Waals surface area contributed by atoms with E-state index in [4.69, 9.17) is 4.42 Å². The molecule has 1 atom stereocenters. The molecule has 2 aromatic heterocycles. The molecule has 2 aliphatic carbocycles. The van der Waals surface area contributed by atoms with Crippen molar-refractivity contribution in [3.8, 4) is 27.9 Å². The Hall–Kier alpha value is -8.92. The third kappa shape index (κ3) is 5.94. The highest BCUT2D eigenvalue weighted by Gasteiger charge is 2.45. The van der Waals surface area contributed by atoms with Gasteiger partial charge < -0.3 is 13.9 Å². The van der Waals surface area contributed by atoms with Crippen molar-refractivity contribution >= 4 is 77.2 Å². The Labute approximate surface area is 400 Å². The smallest absolute Gasteiger partial charge is 0.143 e. The Balaban J connectivity index is 1.02. The Morgan fingerprint density at radius 2 is 1.16 bits per heavy atom. The molecule has 0 radical (unpaired) electrons. The van der Waals surface area contributed by atoms with Crippen LogP contribution < -0.4 is 4.90 Å². The summed E-state index contributed by atoms with van der Waals surface area (Å²) in [4.78, 5) is 2.43. The number of para-hydroxylation sites is 3. The van der Waals surface area contributed by atoms with E-state index in [0.29, 0.717) is 0 Å². The number of anilines is 3. The van der Waals surface area contributed by atoms with E-state index in [1.165, 1.54) is 60.4 Å². The summed E-state index contributed by atoms with van der Waals surface area (Å²) in [6.07, 6.45) is 9.58. The first-order valence-corrected chi connectivity index (χ1v) is 23.8. The molecule has 3 heteroatoms. The van der Waals surface area contributed by atoms with Crippen molar-refractivity contribution in [2.24, 2.45) is 0 Å². The molecule has 0 N–H and O–H groups in total. The molecule has 0 fully saturated rings. The van der Waals surface area contributed by atoms with Gasteiger partial charge in [0.25, 0.3) is 0 Å². The maximum Gasteiger partial charge on any atom is 0.143 e. The summed E-state index contributed by atoms with van der Waals surface area (Å²) >= 11 is 0. The van der Waals surface area contributed by atoms with Gasteiger partial charge >= 0.3 is 0 Å². The predicted octanol–water partition coefficient (Wildman–Crippen LogP) is 17.8. The Kier molecular flexibility index (Phi) is 8.71. The van der Waals surface area contributed by atoms with Gasteiger partial charge in [-0.25, -0.2) is 0 Å². The standard InChI is InChI=1S/C66H44N2O/c1-43-18-4-3-17-37-66(59-27-13-9-23-51(43)59)60-28-14-10-24-52(60)53-36-34-49(42-61(53)66)67(47-21-5-2-6-22-47)50-40-57(65-58(41-50)56-26-12-16-30-64(56)69-65)46-32-35-55-54-25-11-15-29-62(54)68(63(55)39-46)48-33-31-44-19-7-8-20-45(44)38-48/h2-36,38-42H,1,37H2/b17-3-,18-4-. The molecule has 69 heavy (non-hydrogen) atoms. The maximum absolute atomic E-state index is 6.92. The summed E-state index contributed by atoms with van der Waals surface area (Å²) in [6, 6.07) is 80.0. The van der Waals surface area contributed by atoms with Gasteiger partial charge in [-0.15, -0.1) is 0 Å². The molecule has 0 saturated heterocycles. The number of benzene rings is 10. The number of fused-ring (bicyclic) bond motifs is 14. The van der Waals surface area contributed by atoms with E-state index in [9.17, 15) is 0 Å². The number of hydrogen-bond acceptors (Lipinski definition) is 2. The minimum Gasteiger partial charge on any atom is -0.455 e. The highest BCUT2D eigenvalue weighted by atomic mass is 16.3. The molecule has 2 heterocycles. The van der Waals surface area contributed by atoms with E-state index in [-0.39, 0.29) is 0 Å². The van der Waals surface area contributed by atoms with Crippen LogP contribution in [0.15, 0.2) is 254 Å². The van der Waals surface area contributed by atoms with Gasteiger partial charge in [0.2, 0.25) is 0 Å². The maximum atomic E-state index is 6.92. The molecule has 2 aliphatic rings. The SMILES string of the molecule is C=C1/C=C\C=C/CC2(c3ccccc31)c1ccccc1-c1ccc(N(c3ccccc3)c3cc(-c4ccc5c6ccccc6n(-c6ccc7ccccc7c6)c5c4)c4oc5ccccc5c4c3)cc12. The molecular weight excluding hydrogens is 837 g/mol. The molecule has 10 aromatic carbocycles. The zero-order valence-corrected chi connectivity index (χ0v) is 37.8. The molecule has 0 saturated carbocycles. The molecule has 12 aromatic rings. The normalized spacial score (nSPS) is 16.1. The molecule has 0 bridgehead atoms. The second-order valence-corrected chi connectivity index (χ2v) is 18.5. The van der Waals surface area contributed by atoms with Gasteiger partial charge in [0.1, 0.15) is 11.2 Å². The molecule has 1 spiro atoms. The van der Waals surface area contributed by atoms with Crippen LogP contribution in [0.2, 0.25) is 0 Å².